The number of carbonyl (C=O) groups is 1. The van der Waals surface area contributed by atoms with Crippen molar-refractivity contribution in [3.8, 4) is 5.75 Å². The summed E-state index contributed by atoms with van der Waals surface area (Å²) in [6.45, 7) is 6.33. The van der Waals surface area contributed by atoms with Crippen molar-refractivity contribution in [2.24, 2.45) is 0 Å². The van der Waals surface area contributed by atoms with Gasteiger partial charge in [-0.15, -0.1) is 0 Å². The summed E-state index contributed by atoms with van der Waals surface area (Å²) in [5.74, 6) is 0.758. The maximum absolute atomic E-state index is 12.9. The molecule has 0 aromatic heterocycles. The highest BCUT2D eigenvalue weighted by Crippen LogP contribution is 2.27. The summed E-state index contributed by atoms with van der Waals surface area (Å²) < 4.78 is 6.11. The number of hydrogen-bond acceptors (Lipinski definition) is 3. The number of rotatable bonds is 7. The van der Waals surface area contributed by atoms with Crippen LogP contribution in [0.3, 0.4) is 0 Å². The topological polar surface area (TPSA) is 41.6 Å². The van der Waals surface area contributed by atoms with E-state index in [9.17, 15) is 4.79 Å². The van der Waals surface area contributed by atoms with Gasteiger partial charge in [0.2, 0.25) is 0 Å². The molecule has 0 bridgehead atoms. The first kappa shape index (κ1) is 21.7. The minimum atomic E-state index is -0.475. The normalized spacial score (nSPS) is 18.1. The predicted molar refractivity (Wildman–Crippen MR) is 127 cm³/mol. The third kappa shape index (κ3) is 5.41. The number of nitrogens with one attached hydrogen (secondary N) is 1. The Morgan fingerprint density at radius 1 is 0.968 bits per heavy atom. The van der Waals surface area contributed by atoms with Crippen molar-refractivity contribution < 1.29 is 9.53 Å². The van der Waals surface area contributed by atoms with Crippen LogP contribution in [-0.4, -0.2) is 25.1 Å². The predicted octanol–water partition coefficient (Wildman–Crippen LogP) is 5.59. The molecule has 1 saturated heterocycles. The standard InChI is InChI=1S/C27H36N2O2/c1-3-26(31-25-16-13-22-9-5-6-10-23(22)19-25)27(30)28-20(2)21-11-14-24(15-12-21)29-17-7-4-8-18-29/h11-16,19-20,26H,3-10,17-18H2,1-2H3,(H,28,30)/t20-,26+/m0/s1. The fraction of sp³-hybridized carbons (Fsp3) is 0.519. The Morgan fingerprint density at radius 2 is 1.68 bits per heavy atom. The Balaban J connectivity index is 1.35. The number of aryl methyl sites for hydroxylation is 2. The molecular weight excluding hydrogens is 384 g/mol. The third-order valence-corrected chi connectivity index (χ3v) is 6.73. The number of hydrogen-bond donors (Lipinski definition) is 1. The van der Waals surface area contributed by atoms with Gasteiger partial charge in [0.15, 0.2) is 6.10 Å². The van der Waals surface area contributed by atoms with Crippen LogP contribution in [0.15, 0.2) is 42.5 Å². The fourth-order valence-electron chi connectivity index (χ4n) is 4.79. The number of anilines is 1. The summed E-state index contributed by atoms with van der Waals surface area (Å²) in [5.41, 5.74) is 5.21. The van der Waals surface area contributed by atoms with Gasteiger partial charge < -0.3 is 15.0 Å². The maximum atomic E-state index is 12.9. The van der Waals surface area contributed by atoms with Gasteiger partial charge in [-0.25, -0.2) is 0 Å². The molecule has 166 valence electrons. The van der Waals surface area contributed by atoms with E-state index in [-0.39, 0.29) is 11.9 Å². The van der Waals surface area contributed by atoms with Gasteiger partial charge in [0.1, 0.15) is 5.75 Å². The van der Waals surface area contributed by atoms with E-state index in [1.165, 1.54) is 48.9 Å². The molecule has 2 aromatic rings. The SMILES string of the molecule is CC[C@@H](Oc1ccc2c(c1)CCCC2)C(=O)N[C@@H](C)c1ccc(N2CCCCC2)cc1. The molecule has 1 heterocycles. The molecule has 2 aromatic carbocycles. The zero-order valence-corrected chi connectivity index (χ0v) is 19.0. The molecule has 1 aliphatic carbocycles. The summed E-state index contributed by atoms with van der Waals surface area (Å²) in [5, 5.41) is 3.15. The quantitative estimate of drug-likeness (QED) is 0.635. The Kier molecular flexibility index (Phi) is 7.16. The summed E-state index contributed by atoms with van der Waals surface area (Å²) in [7, 11) is 0. The van der Waals surface area contributed by atoms with Crippen LogP contribution in [0.4, 0.5) is 5.69 Å². The molecular formula is C27H36N2O2. The second-order valence-corrected chi connectivity index (χ2v) is 9.02. The number of benzene rings is 2. The Bertz CT molecular complexity index is 871. The number of ether oxygens (including phenoxy) is 1. The summed E-state index contributed by atoms with van der Waals surface area (Å²) in [6, 6.07) is 14.9. The van der Waals surface area contributed by atoms with Crippen LogP contribution in [-0.2, 0) is 17.6 Å². The largest absolute Gasteiger partial charge is 0.481 e. The Hall–Kier alpha value is -2.49. The number of fused-ring (bicyclic) bond motifs is 1. The van der Waals surface area contributed by atoms with Gasteiger partial charge in [0.05, 0.1) is 6.04 Å². The van der Waals surface area contributed by atoms with E-state index in [0.29, 0.717) is 6.42 Å². The molecule has 0 saturated carbocycles. The molecule has 4 heteroatoms. The molecule has 2 aliphatic rings. The van der Waals surface area contributed by atoms with Crippen molar-refractivity contribution in [1.29, 1.82) is 0 Å². The lowest BCUT2D eigenvalue weighted by Crippen LogP contribution is -2.39. The Labute approximate surface area is 187 Å². The zero-order chi connectivity index (χ0) is 21.6. The molecule has 1 N–H and O–H groups in total. The molecule has 0 radical (unpaired) electrons. The molecule has 4 rings (SSSR count). The lowest BCUT2D eigenvalue weighted by Gasteiger charge is -2.29. The fourth-order valence-corrected chi connectivity index (χ4v) is 4.79. The van der Waals surface area contributed by atoms with Crippen LogP contribution >= 0.6 is 0 Å². The molecule has 0 spiro atoms. The van der Waals surface area contributed by atoms with E-state index in [1.807, 2.05) is 19.9 Å². The minimum Gasteiger partial charge on any atom is -0.481 e. The van der Waals surface area contributed by atoms with Crippen molar-refractivity contribution >= 4 is 11.6 Å². The van der Waals surface area contributed by atoms with E-state index in [2.05, 4.69) is 46.6 Å². The molecule has 4 nitrogen and oxygen atoms in total. The van der Waals surface area contributed by atoms with Gasteiger partial charge in [0, 0.05) is 18.8 Å². The maximum Gasteiger partial charge on any atom is 0.261 e. The van der Waals surface area contributed by atoms with Crippen molar-refractivity contribution in [3.63, 3.8) is 0 Å². The van der Waals surface area contributed by atoms with Crippen LogP contribution in [0.2, 0.25) is 0 Å². The van der Waals surface area contributed by atoms with E-state index in [4.69, 9.17) is 4.74 Å². The first-order valence-corrected chi connectivity index (χ1v) is 12.1. The van der Waals surface area contributed by atoms with Crippen molar-refractivity contribution in [1.82, 2.24) is 5.32 Å². The minimum absolute atomic E-state index is 0.0483. The van der Waals surface area contributed by atoms with Crippen molar-refractivity contribution in [2.45, 2.75) is 77.4 Å². The van der Waals surface area contributed by atoms with Gasteiger partial charge in [-0.2, -0.15) is 0 Å². The first-order valence-electron chi connectivity index (χ1n) is 12.1. The molecule has 1 aliphatic heterocycles. The second kappa shape index (κ2) is 10.2. The van der Waals surface area contributed by atoms with E-state index >= 15 is 0 Å². The average molecular weight is 421 g/mol. The van der Waals surface area contributed by atoms with Crippen molar-refractivity contribution in [2.75, 3.05) is 18.0 Å². The second-order valence-electron chi connectivity index (χ2n) is 9.02. The number of carbonyl (C=O) groups excluding carboxylic acids is 1. The lowest BCUT2D eigenvalue weighted by atomic mass is 9.92. The van der Waals surface area contributed by atoms with Crippen molar-refractivity contribution in [3.05, 3.63) is 59.2 Å². The third-order valence-electron chi connectivity index (χ3n) is 6.73. The zero-order valence-electron chi connectivity index (χ0n) is 19.0. The molecule has 0 unspecified atom stereocenters. The van der Waals surface area contributed by atoms with Crippen LogP contribution in [0.25, 0.3) is 0 Å². The van der Waals surface area contributed by atoms with Crippen LogP contribution in [0.5, 0.6) is 5.75 Å². The molecule has 1 amide bonds. The Morgan fingerprint density at radius 3 is 2.39 bits per heavy atom. The highest BCUT2D eigenvalue weighted by atomic mass is 16.5. The summed E-state index contributed by atoms with van der Waals surface area (Å²) in [6.07, 6.45) is 8.82. The highest BCUT2D eigenvalue weighted by molar-refractivity contribution is 5.81. The number of amides is 1. The lowest BCUT2D eigenvalue weighted by molar-refractivity contribution is -0.128. The number of nitrogens with zero attached hydrogens (tertiary/aromatic N) is 1. The highest BCUT2D eigenvalue weighted by Gasteiger charge is 2.22. The smallest absolute Gasteiger partial charge is 0.261 e. The molecule has 1 fully saturated rings. The van der Waals surface area contributed by atoms with Gasteiger partial charge in [0.25, 0.3) is 5.91 Å². The first-order chi connectivity index (χ1) is 15.1. The van der Waals surface area contributed by atoms with Gasteiger partial charge >= 0.3 is 0 Å². The average Bonchev–Trinajstić information content (AvgIpc) is 2.83. The van der Waals surface area contributed by atoms with Gasteiger partial charge in [-0.1, -0.05) is 25.1 Å². The van der Waals surface area contributed by atoms with Gasteiger partial charge in [-0.3, -0.25) is 4.79 Å². The monoisotopic (exact) mass is 420 g/mol. The van der Waals surface area contributed by atoms with Crippen LogP contribution < -0.4 is 15.0 Å². The molecule has 31 heavy (non-hydrogen) atoms. The summed E-state index contributed by atoms with van der Waals surface area (Å²) in [4.78, 5) is 15.4. The van der Waals surface area contributed by atoms with E-state index < -0.39 is 6.10 Å². The van der Waals surface area contributed by atoms with E-state index in [1.54, 1.807) is 0 Å². The summed E-state index contributed by atoms with van der Waals surface area (Å²) >= 11 is 0. The van der Waals surface area contributed by atoms with E-state index in [0.717, 1.165) is 37.2 Å². The van der Waals surface area contributed by atoms with Crippen LogP contribution in [0.1, 0.15) is 75.1 Å². The number of piperidine rings is 1. The molecule has 2 atom stereocenters. The van der Waals surface area contributed by atoms with Crippen LogP contribution in [0, 0.1) is 0 Å². The van der Waals surface area contributed by atoms with Gasteiger partial charge in [-0.05, 0) is 99.2 Å².